The minimum Gasteiger partial charge on any atom is -0.383 e. The Kier molecular flexibility index (Phi) is 12.4. The summed E-state index contributed by atoms with van der Waals surface area (Å²) in [5.74, 6) is -0.184. The molecule has 2 fully saturated rings. The fourth-order valence-corrected chi connectivity index (χ4v) is 8.66. The number of hydrogen-bond donors (Lipinski definition) is 5. The first-order valence-corrected chi connectivity index (χ1v) is 18.0. The maximum Gasteiger partial charge on any atom is 0.243 e. The van der Waals surface area contributed by atoms with Crippen LogP contribution in [0.2, 0.25) is 0 Å². The molecule has 0 aliphatic heterocycles. The van der Waals surface area contributed by atoms with E-state index in [2.05, 4.69) is 30.6 Å². The Morgan fingerprint density at radius 2 is 1.67 bits per heavy atom. The Hall–Kier alpha value is -3.31. The highest BCUT2D eigenvalue weighted by Crippen LogP contribution is 2.30. The molecule has 2 amide bonds. The van der Waals surface area contributed by atoms with Crippen molar-refractivity contribution in [2.45, 2.75) is 107 Å². The molecular formula is C34H48N6O4S. The number of rotatable bonds is 15. The largest absolute Gasteiger partial charge is 0.383 e. The molecule has 5 N–H and O–H groups in total. The number of nitrogens with zero attached hydrogens (tertiary/aromatic N) is 2. The average molecular weight is 637 g/mol. The summed E-state index contributed by atoms with van der Waals surface area (Å²) in [6, 6.07) is 8.27. The predicted molar refractivity (Wildman–Crippen MR) is 174 cm³/mol. The fraction of sp³-hybridized carbons (Fsp3) is 0.588. The Labute approximate surface area is 268 Å². The van der Waals surface area contributed by atoms with Crippen molar-refractivity contribution in [3.8, 4) is 0 Å². The number of imidazole rings is 2. The lowest BCUT2D eigenvalue weighted by Crippen LogP contribution is -2.54. The van der Waals surface area contributed by atoms with E-state index in [0.717, 1.165) is 56.9 Å². The van der Waals surface area contributed by atoms with E-state index in [4.69, 9.17) is 0 Å². The van der Waals surface area contributed by atoms with Gasteiger partial charge in [0.15, 0.2) is 0 Å². The van der Waals surface area contributed by atoms with Gasteiger partial charge in [0.2, 0.25) is 11.8 Å². The second-order valence-electron chi connectivity index (χ2n) is 12.8. The molecule has 2 aromatic heterocycles. The van der Waals surface area contributed by atoms with Crippen molar-refractivity contribution in [1.82, 2.24) is 30.6 Å². The van der Waals surface area contributed by atoms with Gasteiger partial charge >= 0.3 is 0 Å². The summed E-state index contributed by atoms with van der Waals surface area (Å²) in [4.78, 5) is 42.4. The molecule has 3 aromatic rings. The standard InChI is InChI=1S/C34H48N6O4S/c41-31(32-36-16-17-37-32)29(19-25-12-6-2-7-13-25)39-34(43)30(20-27-21-35-23-38-27)40-33(42)26(18-24-10-4-1-5-11-24)22-45(44)28-14-8-3-9-15-28/h1,4-5,10-11,16-17,21,23,25-26,28-31,41H,2-3,6-9,12-15,18-20,22H2,(H,35,38)(H,36,37)(H,39,43)(H,40,42)/t26?,29-,30-,31+,45?/m0/s1. The fourth-order valence-electron chi connectivity index (χ4n) is 6.87. The van der Waals surface area contributed by atoms with Gasteiger partial charge in [0.05, 0.1) is 18.3 Å². The molecule has 5 atom stereocenters. The van der Waals surface area contributed by atoms with Crippen LogP contribution in [0, 0.1) is 11.8 Å². The van der Waals surface area contributed by atoms with E-state index >= 15 is 0 Å². The molecule has 0 spiro atoms. The number of aliphatic hydroxyl groups is 1. The van der Waals surface area contributed by atoms with Gasteiger partial charge in [-0.1, -0.05) is 81.7 Å². The van der Waals surface area contributed by atoms with E-state index < -0.39 is 34.9 Å². The predicted octanol–water partition coefficient (Wildman–Crippen LogP) is 4.29. The Balaban J connectivity index is 1.34. The molecule has 2 unspecified atom stereocenters. The monoisotopic (exact) mass is 636 g/mol. The zero-order chi connectivity index (χ0) is 31.4. The zero-order valence-corrected chi connectivity index (χ0v) is 26.9. The minimum atomic E-state index is -1.15. The second-order valence-corrected chi connectivity index (χ2v) is 14.6. The summed E-state index contributed by atoms with van der Waals surface area (Å²) in [5.41, 5.74) is 1.69. The van der Waals surface area contributed by atoms with Gasteiger partial charge in [0, 0.05) is 52.5 Å². The lowest BCUT2D eigenvalue weighted by Gasteiger charge is -2.31. The topological polar surface area (TPSA) is 153 Å². The number of benzene rings is 1. The van der Waals surface area contributed by atoms with Gasteiger partial charge in [-0.05, 0) is 37.2 Å². The highest BCUT2D eigenvalue weighted by molar-refractivity contribution is 7.85. The van der Waals surface area contributed by atoms with Crippen LogP contribution in [0.5, 0.6) is 0 Å². The van der Waals surface area contributed by atoms with Crippen LogP contribution >= 0.6 is 0 Å². The molecule has 0 saturated heterocycles. The summed E-state index contributed by atoms with van der Waals surface area (Å²) < 4.78 is 13.5. The van der Waals surface area contributed by atoms with Gasteiger partial charge in [0.1, 0.15) is 18.0 Å². The number of aromatic nitrogens is 4. The van der Waals surface area contributed by atoms with Crippen LogP contribution in [0.15, 0.2) is 55.2 Å². The summed E-state index contributed by atoms with van der Waals surface area (Å²) in [5, 5.41) is 17.5. The lowest BCUT2D eigenvalue weighted by atomic mass is 9.83. The number of aliphatic hydroxyl groups excluding tert-OH is 1. The maximum absolute atomic E-state index is 14.0. The summed E-state index contributed by atoms with van der Waals surface area (Å²) in [6.45, 7) is 0. The van der Waals surface area contributed by atoms with Gasteiger partial charge in [-0.25, -0.2) is 9.97 Å². The van der Waals surface area contributed by atoms with Crippen LogP contribution < -0.4 is 10.6 Å². The molecule has 2 saturated carbocycles. The summed E-state index contributed by atoms with van der Waals surface area (Å²) in [7, 11) is -1.15. The first-order valence-electron chi connectivity index (χ1n) is 16.6. The number of aromatic amines is 2. The Bertz CT molecular complexity index is 1320. The first kappa shape index (κ1) is 33.1. The van der Waals surface area contributed by atoms with Crippen LogP contribution in [0.25, 0.3) is 0 Å². The molecule has 11 heteroatoms. The molecule has 45 heavy (non-hydrogen) atoms. The summed E-state index contributed by atoms with van der Waals surface area (Å²) >= 11 is 0. The third-order valence-corrected chi connectivity index (χ3v) is 11.4. The molecule has 10 nitrogen and oxygen atoms in total. The van der Waals surface area contributed by atoms with Gasteiger partial charge < -0.3 is 25.7 Å². The van der Waals surface area contributed by atoms with Crippen molar-refractivity contribution in [3.63, 3.8) is 0 Å². The summed E-state index contributed by atoms with van der Waals surface area (Å²) in [6.07, 6.45) is 17.5. The van der Waals surface area contributed by atoms with E-state index in [1.165, 1.54) is 12.8 Å². The number of hydrogen-bond acceptors (Lipinski definition) is 6. The number of nitrogens with one attached hydrogen (secondary N) is 4. The van der Waals surface area contributed by atoms with E-state index in [0.29, 0.717) is 30.3 Å². The van der Waals surface area contributed by atoms with E-state index in [1.807, 2.05) is 30.3 Å². The van der Waals surface area contributed by atoms with Crippen molar-refractivity contribution in [1.29, 1.82) is 0 Å². The quantitative estimate of drug-likeness (QED) is 0.168. The molecular weight excluding hydrogens is 588 g/mol. The molecule has 244 valence electrons. The first-order chi connectivity index (χ1) is 22.0. The van der Waals surface area contributed by atoms with Crippen LogP contribution in [-0.2, 0) is 33.2 Å². The van der Waals surface area contributed by atoms with Crippen LogP contribution in [0.4, 0.5) is 0 Å². The SMILES string of the molecule is O=C(N[C@@H](Cc1cnc[nH]1)C(=O)N[C@@H](CC1CCCCC1)[C@@H](O)c1ncc[nH]1)C(Cc1ccccc1)CS(=O)C1CCCCC1. The number of amides is 2. The van der Waals surface area contributed by atoms with E-state index in [-0.39, 0.29) is 29.2 Å². The van der Waals surface area contributed by atoms with Gasteiger partial charge in [-0.15, -0.1) is 0 Å². The molecule has 2 aliphatic carbocycles. The molecule has 1 aromatic carbocycles. The van der Waals surface area contributed by atoms with Crippen molar-refractivity contribution >= 4 is 22.6 Å². The Morgan fingerprint density at radius 3 is 2.33 bits per heavy atom. The van der Waals surface area contributed by atoms with Crippen LogP contribution in [0.1, 0.15) is 93.8 Å². The number of H-pyrrole nitrogens is 2. The van der Waals surface area contributed by atoms with Crippen molar-refractivity contribution < 1.29 is 18.9 Å². The molecule has 2 heterocycles. The smallest absolute Gasteiger partial charge is 0.243 e. The third kappa shape index (κ3) is 9.84. The lowest BCUT2D eigenvalue weighted by molar-refractivity contribution is -0.131. The third-order valence-electron chi connectivity index (χ3n) is 9.42. The van der Waals surface area contributed by atoms with Crippen molar-refractivity contribution in [3.05, 3.63) is 72.3 Å². The van der Waals surface area contributed by atoms with Gasteiger partial charge in [-0.2, -0.15) is 0 Å². The van der Waals surface area contributed by atoms with Gasteiger partial charge in [-0.3, -0.25) is 13.8 Å². The Morgan fingerprint density at radius 1 is 0.933 bits per heavy atom. The maximum atomic E-state index is 14.0. The number of carbonyl (C=O) groups is 2. The van der Waals surface area contributed by atoms with Crippen molar-refractivity contribution in [2.24, 2.45) is 11.8 Å². The molecule has 0 bridgehead atoms. The van der Waals surface area contributed by atoms with Gasteiger partial charge in [0.25, 0.3) is 0 Å². The minimum absolute atomic E-state index is 0.109. The zero-order valence-electron chi connectivity index (χ0n) is 26.0. The van der Waals surface area contributed by atoms with E-state index in [1.54, 1.807) is 24.9 Å². The molecule has 2 aliphatic rings. The molecule has 0 radical (unpaired) electrons. The van der Waals surface area contributed by atoms with E-state index in [9.17, 15) is 18.9 Å². The highest BCUT2D eigenvalue weighted by atomic mass is 32.2. The second kappa shape index (κ2) is 16.8. The highest BCUT2D eigenvalue weighted by Gasteiger charge is 2.34. The van der Waals surface area contributed by atoms with Crippen LogP contribution in [0.3, 0.4) is 0 Å². The average Bonchev–Trinajstić information content (AvgIpc) is 3.80. The van der Waals surface area contributed by atoms with Crippen molar-refractivity contribution in [2.75, 3.05) is 5.75 Å². The van der Waals surface area contributed by atoms with Crippen LogP contribution in [-0.4, -0.2) is 64.2 Å². The number of carbonyl (C=O) groups excluding carboxylic acids is 2. The normalized spacial score (nSPS) is 19.7. The molecule has 5 rings (SSSR count).